The van der Waals surface area contributed by atoms with E-state index in [1.165, 1.54) is 12.1 Å². The average molecular weight is 505 g/mol. The first-order valence-corrected chi connectivity index (χ1v) is 9.76. The molecule has 152 valence electrons. The number of anilines is 2. The number of ether oxygens (including phenoxy) is 1. The van der Waals surface area contributed by atoms with Gasteiger partial charge in [-0.15, -0.1) is 0 Å². The van der Waals surface area contributed by atoms with E-state index >= 15 is 0 Å². The summed E-state index contributed by atoms with van der Waals surface area (Å²) in [5.41, 5.74) is 5.41. The average Bonchev–Trinajstić information content (AvgIpc) is 2.61. The largest absolute Gasteiger partial charge is 0.492 e. The first-order chi connectivity index (χ1) is 13.3. The lowest BCUT2D eigenvalue weighted by atomic mass is 10.1. The molecule has 0 spiro atoms. The van der Waals surface area contributed by atoms with E-state index in [2.05, 4.69) is 10.6 Å². The Kier molecular flexibility index (Phi) is 8.39. The zero-order chi connectivity index (χ0) is 20.7. The van der Waals surface area contributed by atoms with Crippen molar-refractivity contribution in [2.75, 3.05) is 25.0 Å². The molecule has 9 heteroatoms. The summed E-state index contributed by atoms with van der Waals surface area (Å²) in [5.74, 6) is -2.16. The van der Waals surface area contributed by atoms with Crippen molar-refractivity contribution in [3.05, 3.63) is 51.1 Å². The van der Waals surface area contributed by atoms with Gasteiger partial charge < -0.3 is 26.2 Å². The van der Waals surface area contributed by atoms with Gasteiger partial charge in [0.1, 0.15) is 22.9 Å². The molecule has 1 amide bonds. The number of amides is 1. The molecule has 5 N–H and O–H groups in total. The van der Waals surface area contributed by atoms with Crippen LogP contribution in [0.15, 0.2) is 30.3 Å². The minimum atomic E-state index is -0.850. The topological polar surface area (TPSA) is 96.6 Å². The van der Waals surface area contributed by atoms with Crippen LogP contribution < -0.4 is 21.1 Å². The predicted molar refractivity (Wildman–Crippen MR) is 112 cm³/mol. The molecule has 2 rings (SSSR count). The van der Waals surface area contributed by atoms with Crippen molar-refractivity contribution in [3.8, 4) is 5.75 Å². The van der Waals surface area contributed by atoms with Gasteiger partial charge in [0, 0.05) is 22.6 Å². The smallest absolute Gasteiger partial charge is 0.254 e. The lowest BCUT2D eigenvalue weighted by Gasteiger charge is -2.17. The molecule has 2 aromatic rings. The molecule has 2 aromatic carbocycles. The molecule has 28 heavy (non-hydrogen) atoms. The Morgan fingerprint density at radius 3 is 2.68 bits per heavy atom. The van der Waals surface area contributed by atoms with Gasteiger partial charge in [0.05, 0.1) is 24.1 Å². The van der Waals surface area contributed by atoms with Crippen LogP contribution in [0, 0.1) is 15.2 Å². The number of hydrogen-bond donors (Lipinski definition) is 4. The standard InChI is InChI=1S/C19H22F2IN3O3/c1-2-24-10-13(26)5-6-28-17-8-11(20)7-16(18(17)19(23)27)25-15-4-3-12(22)9-14(15)21/h3-4,7-9,13,24-26H,2,5-6,10H2,1H3,(H2,23,27). The lowest BCUT2D eigenvalue weighted by molar-refractivity contribution is 0.0995. The molecular formula is C19H22F2IN3O3. The number of benzene rings is 2. The molecule has 0 aliphatic carbocycles. The number of primary amides is 1. The maximum atomic E-state index is 14.1. The van der Waals surface area contributed by atoms with Gasteiger partial charge in [0.15, 0.2) is 0 Å². The zero-order valence-corrected chi connectivity index (χ0v) is 17.4. The van der Waals surface area contributed by atoms with E-state index in [-0.39, 0.29) is 35.7 Å². The molecule has 0 aliphatic heterocycles. The Morgan fingerprint density at radius 2 is 2.04 bits per heavy atom. The lowest BCUT2D eigenvalue weighted by Crippen LogP contribution is -2.28. The number of nitrogens with one attached hydrogen (secondary N) is 2. The number of hydrogen-bond acceptors (Lipinski definition) is 5. The maximum Gasteiger partial charge on any atom is 0.254 e. The Morgan fingerprint density at radius 1 is 1.29 bits per heavy atom. The summed E-state index contributed by atoms with van der Waals surface area (Å²) in [4.78, 5) is 11.9. The van der Waals surface area contributed by atoms with Gasteiger partial charge in [-0.25, -0.2) is 8.78 Å². The van der Waals surface area contributed by atoms with Gasteiger partial charge >= 0.3 is 0 Å². The predicted octanol–water partition coefficient (Wildman–Crippen LogP) is 3.15. The zero-order valence-electron chi connectivity index (χ0n) is 15.3. The van der Waals surface area contributed by atoms with E-state index in [0.29, 0.717) is 10.1 Å². The fourth-order valence-electron chi connectivity index (χ4n) is 2.50. The molecule has 0 saturated carbocycles. The summed E-state index contributed by atoms with van der Waals surface area (Å²) in [6.45, 7) is 3.08. The van der Waals surface area contributed by atoms with E-state index in [4.69, 9.17) is 10.5 Å². The van der Waals surface area contributed by atoms with Crippen LogP contribution in [0.3, 0.4) is 0 Å². The number of aliphatic hydroxyl groups is 1. The molecule has 0 fully saturated rings. The highest BCUT2D eigenvalue weighted by molar-refractivity contribution is 14.1. The fourth-order valence-corrected chi connectivity index (χ4v) is 2.96. The van der Waals surface area contributed by atoms with Gasteiger partial charge in [-0.1, -0.05) is 6.92 Å². The molecule has 0 aliphatic rings. The van der Waals surface area contributed by atoms with E-state index < -0.39 is 23.6 Å². The van der Waals surface area contributed by atoms with Crippen LogP contribution in [0.2, 0.25) is 0 Å². The molecule has 0 bridgehead atoms. The number of carbonyl (C=O) groups is 1. The highest BCUT2D eigenvalue weighted by Crippen LogP contribution is 2.31. The number of halogens is 3. The summed E-state index contributed by atoms with van der Waals surface area (Å²) in [6, 6.07) is 6.52. The van der Waals surface area contributed by atoms with Crippen LogP contribution in [-0.2, 0) is 0 Å². The normalized spacial score (nSPS) is 11.9. The van der Waals surface area contributed by atoms with Gasteiger partial charge in [0.25, 0.3) is 5.91 Å². The third kappa shape index (κ3) is 6.28. The van der Waals surface area contributed by atoms with E-state index in [0.717, 1.165) is 18.7 Å². The third-order valence-corrected chi connectivity index (χ3v) is 4.52. The Balaban J connectivity index is 2.23. The van der Waals surface area contributed by atoms with Crippen molar-refractivity contribution in [1.82, 2.24) is 5.32 Å². The molecular weight excluding hydrogens is 483 g/mol. The Hall–Kier alpha value is -1.98. The van der Waals surface area contributed by atoms with Crippen molar-refractivity contribution in [2.45, 2.75) is 19.4 Å². The van der Waals surface area contributed by atoms with Crippen LogP contribution in [0.5, 0.6) is 5.75 Å². The third-order valence-electron chi connectivity index (χ3n) is 3.85. The second-order valence-corrected chi connectivity index (χ2v) is 7.28. The minimum absolute atomic E-state index is 0.00388. The first kappa shape index (κ1) is 22.3. The Labute approximate surface area is 175 Å². The summed E-state index contributed by atoms with van der Waals surface area (Å²) < 4.78 is 34.4. The second kappa shape index (κ2) is 10.5. The summed E-state index contributed by atoms with van der Waals surface area (Å²) >= 11 is 1.96. The number of nitrogens with two attached hydrogens (primary N) is 1. The fraction of sp³-hybridized carbons (Fsp3) is 0.316. The van der Waals surface area contributed by atoms with Crippen molar-refractivity contribution >= 4 is 39.9 Å². The van der Waals surface area contributed by atoms with Crippen molar-refractivity contribution in [1.29, 1.82) is 0 Å². The van der Waals surface area contributed by atoms with Crippen LogP contribution in [-0.4, -0.2) is 36.8 Å². The Bertz CT molecular complexity index is 836. The molecule has 0 saturated heterocycles. The van der Waals surface area contributed by atoms with Gasteiger partial charge in [-0.3, -0.25) is 4.79 Å². The molecule has 1 atom stereocenters. The van der Waals surface area contributed by atoms with Gasteiger partial charge in [-0.2, -0.15) is 0 Å². The van der Waals surface area contributed by atoms with Crippen molar-refractivity contribution in [2.24, 2.45) is 5.73 Å². The SMILES string of the molecule is CCNCC(O)CCOc1cc(F)cc(Nc2ccc(I)cc2F)c1C(N)=O. The molecule has 1 unspecified atom stereocenters. The van der Waals surface area contributed by atoms with E-state index in [1.54, 1.807) is 6.07 Å². The number of carbonyl (C=O) groups excluding carboxylic acids is 1. The quantitative estimate of drug-likeness (QED) is 0.373. The van der Waals surface area contributed by atoms with Gasteiger partial charge in [0.2, 0.25) is 0 Å². The first-order valence-electron chi connectivity index (χ1n) is 8.68. The van der Waals surface area contributed by atoms with E-state index in [9.17, 15) is 18.7 Å². The summed E-state index contributed by atoms with van der Waals surface area (Å²) in [5, 5.41) is 15.5. The number of likely N-dealkylation sites (N-methyl/N-ethyl adjacent to an activating group) is 1. The van der Waals surface area contributed by atoms with Gasteiger partial charge in [-0.05, 0) is 53.4 Å². The number of rotatable bonds is 10. The van der Waals surface area contributed by atoms with Crippen LogP contribution in [0.4, 0.5) is 20.2 Å². The molecule has 6 nitrogen and oxygen atoms in total. The highest BCUT2D eigenvalue weighted by atomic mass is 127. The summed E-state index contributed by atoms with van der Waals surface area (Å²) in [7, 11) is 0. The van der Waals surface area contributed by atoms with Crippen LogP contribution in [0.1, 0.15) is 23.7 Å². The number of aliphatic hydroxyl groups excluding tert-OH is 1. The minimum Gasteiger partial charge on any atom is -0.492 e. The van der Waals surface area contributed by atoms with Crippen molar-refractivity contribution < 1.29 is 23.4 Å². The highest BCUT2D eigenvalue weighted by Gasteiger charge is 2.19. The van der Waals surface area contributed by atoms with Crippen LogP contribution in [0.25, 0.3) is 0 Å². The van der Waals surface area contributed by atoms with E-state index in [1.807, 2.05) is 29.5 Å². The van der Waals surface area contributed by atoms with Crippen LogP contribution >= 0.6 is 22.6 Å². The molecule has 0 heterocycles. The van der Waals surface area contributed by atoms with Crippen molar-refractivity contribution in [3.63, 3.8) is 0 Å². The summed E-state index contributed by atoms with van der Waals surface area (Å²) in [6.07, 6.45) is -0.375. The molecule has 0 radical (unpaired) electrons. The monoisotopic (exact) mass is 505 g/mol. The second-order valence-electron chi connectivity index (χ2n) is 6.04. The molecule has 0 aromatic heterocycles. The maximum absolute atomic E-state index is 14.1.